The third-order valence-electron chi connectivity index (χ3n) is 5.18. The lowest BCUT2D eigenvalue weighted by Crippen LogP contribution is -2.42. The van der Waals surface area contributed by atoms with E-state index in [2.05, 4.69) is 11.9 Å². The number of para-hydroxylation sites is 1. The van der Waals surface area contributed by atoms with Crippen LogP contribution in [0.15, 0.2) is 59.5 Å². The molecular weight excluding hydrogens is 396 g/mol. The molecule has 2 amide bonds. The SMILES string of the molecule is C=CCN1C(=O)C(C)(C)COc2cc(NC(=O)c3cc4cccc(OC)c4o3)ccc21. The quantitative estimate of drug-likeness (QED) is 0.609. The average molecular weight is 420 g/mol. The first kappa shape index (κ1) is 20.5. The maximum atomic E-state index is 12.9. The molecule has 7 nitrogen and oxygen atoms in total. The number of fused-ring (bicyclic) bond motifs is 2. The van der Waals surface area contributed by atoms with Gasteiger partial charge in [-0.1, -0.05) is 18.2 Å². The van der Waals surface area contributed by atoms with Crippen molar-refractivity contribution >= 4 is 34.2 Å². The van der Waals surface area contributed by atoms with Crippen molar-refractivity contribution in [3.8, 4) is 11.5 Å². The number of amides is 2. The van der Waals surface area contributed by atoms with Crippen LogP contribution in [0.5, 0.6) is 11.5 Å². The fraction of sp³-hybridized carbons (Fsp3) is 0.250. The Morgan fingerprint density at radius 2 is 2.10 bits per heavy atom. The first-order chi connectivity index (χ1) is 14.8. The van der Waals surface area contributed by atoms with Gasteiger partial charge in [-0.25, -0.2) is 0 Å². The molecule has 0 unspecified atom stereocenters. The summed E-state index contributed by atoms with van der Waals surface area (Å²) in [6, 6.07) is 12.3. The van der Waals surface area contributed by atoms with Gasteiger partial charge in [0.05, 0.1) is 18.2 Å². The zero-order valence-corrected chi connectivity index (χ0v) is 17.7. The molecule has 1 aromatic heterocycles. The highest BCUT2D eigenvalue weighted by molar-refractivity contribution is 6.06. The van der Waals surface area contributed by atoms with Crippen molar-refractivity contribution in [3.63, 3.8) is 0 Å². The number of carbonyl (C=O) groups is 2. The summed E-state index contributed by atoms with van der Waals surface area (Å²) in [5.41, 5.74) is 1.00. The number of benzene rings is 2. The fourth-order valence-corrected chi connectivity index (χ4v) is 3.54. The van der Waals surface area contributed by atoms with Gasteiger partial charge in [0.1, 0.15) is 12.4 Å². The number of carbonyl (C=O) groups excluding carboxylic acids is 2. The maximum absolute atomic E-state index is 12.9. The summed E-state index contributed by atoms with van der Waals surface area (Å²) in [5.74, 6) is 0.805. The van der Waals surface area contributed by atoms with E-state index in [4.69, 9.17) is 13.9 Å². The molecule has 0 spiro atoms. The van der Waals surface area contributed by atoms with Gasteiger partial charge in [0.15, 0.2) is 17.1 Å². The standard InChI is InChI=1S/C24H24N2O5/c1-5-11-26-17-10-9-16(13-19(17)30-14-24(2,3)23(26)28)25-22(27)20-12-15-7-6-8-18(29-4)21(15)31-20/h5-10,12-13H,1,11,14H2,2-4H3,(H,25,27). The van der Waals surface area contributed by atoms with Crippen LogP contribution < -0.4 is 19.7 Å². The van der Waals surface area contributed by atoms with E-state index in [-0.39, 0.29) is 18.3 Å². The number of methoxy groups -OCH3 is 1. The molecule has 0 saturated heterocycles. The van der Waals surface area contributed by atoms with E-state index in [1.54, 1.807) is 48.4 Å². The number of ether oxygens (including phenoxy) is 2. The van der Waals surface area contributed by atoms with Gasteiger partial charge in [-0.3, -0.25) is 9.59 Å². The van der Waals surface area contributed by atoms with E-state index in [0.717, 1.165) is 5.39 Å². The Morgan fingerprint density at radius 3 is 2.84 bits per heavy atom. The van der Waals surface area contributed by atoms with E-state index in [9.17, 15) is 9.59 Å². The van der Waals surface area contributed by atoms with Crippen LogP contribution in [0, 0.1) is 5.41 Å². The Bertz CT molecular complexity index is 1180. The molecule has 0 radical (unpaired) electrons. The fourth-order valence-electron chi connectivity index (χ4n) is 3.54. The lowest BCUT2D eigenvalue weighted by atomic mass is 9.93. The summed E-state index contributed by atoms with van der Waals surface area (Å²) in [4.78, 5) is 27.3. The zero-order chi connectivity index (χ0) is 22.2. The normalized spacial score (nSPS) is 15.1. The Kier molecular flexibility index (Phi) is 5.19. The minimum atomic E-state index is -0.682. The van der Waals surface area contributed by atoms with Crippen LogP contribution >= 0.6 is 0 Å². The monoisotopic (exact) mass is 420 g/mol. The van der Waals surface area contributed by atoms with Crippen molar-refractivity contribution in [1.29, 1.82) is 0 Å². The van der Waals surface area contributed by atoms with Crippen molar-refractivity contribution in [1.82, 2.24) is 0 Å². The van der Waals surface area contributed by atoms with E-state index < -0.39 is 11.3 Å². The Labute approximate surface area is 180 Å². The lowest BCUT2D eigenvalue weighted by Gasteiger charge is -2.27. The van der Waals surface area contributed by atoms with E-state index in [0.29, 0.717) is 35.0 Å². The second kappa shape index (κ2) is 7.83. The predicted molar refractivity (Wildman–Crippen MR) is 119 cm³/mol. The summed E-state index contributed by atoms with van der Waals surface area (Å²) in [6.07, 6.45) is 1.68. The number of rotatable bonds is 5. The number of furan rings is 1. The molecule has 0 atom stereocenters. The van der Waals surface area contributed by atoms with Crippen LogP contribution in [-0.4, -0.2) is 32.1 Å². The number of anilines is 2. The summed E-state index contributed by atoms with van der Waals surface area (Å²) < 4.78 is 16.9. The van der Waals surface area contributed by atoms with E-state index >= 15 is 0 Å². The minimum Gasteiger partial charge on any atom is -0.493 e. The Hall–Kier alpha value is -3.74. The molecule has 0 fully saturated rings. The number of nitrogens with zero attached hydrogens (tertiary/aromatic N) is 1. The summed E-state index contributed by atoms with van der Waals surface area (Å²) >= 11 is 0. The number of hydrogen-bond donors (Lipinski definition) is 1. The van der Waals surface area contributed by atoms with Crippen molar-refractivity contribution in [3.05, 3.63) is 60.9 Å². The van der Waals surface area contributed by atoms with Crippen molar-refractivity contribution in [2.45, 2.75) is 13.8 Å². The number of nitrogens with one attached hydrogen (secondary N) is 1. The zero-order valence-electron chi connectivity index (χ0n) is 17.7. The molecule has 1 aliphatic heterocycles. The molecule has 0 saturated carbocycles. The first-order valence-electron chi connectivity index (χ1n) is 9.91. The van der Waals surface area contributed by atoms with Crippen molar-refractivity contribution in [2.75, 3.05) is 30.5 Å². The molecule has 0 bridgehead atoms. The van der Waals surface area contributed by atoms with E-state index in [1.807, 2.05) is 26.0 Å². The molecule has 4 rings (SSSR count). The van der Waals surface area contributed by atoms with Crippen LogP contribution in [0.4, 0.5) is 11.4 Å². The third kappa shape index (κ3) is 3.74. The number of hydrogen-bond acceptors (Lipinski definition) is 5. The summed E-state index contributed by atoms with van der Waals surface area (Å²) in [7, 11) is 1.55. The van der Waals surface area contributed by atoms with Crippen LogP contribution in [-0.2, 0) is 4.79 Å². The molecule has 160 valence electrons. The van der Waals surface area contributed by atoms with E-state index in [1.165, 1.54) is 0 Å². The second-order valence-electron chi connectivity index (χ2n) is 8.00. The van der Waals surface area contributed by atoms with Gasteiger partial charge >= 0.3 is 0 Å². The molecule has 1 aliphatic rings. The van der Waals surface area contributed by atoms with Crippen LogP contribution in [0.2, 0.25) is 0 Å². The summed E-state index contributed by atoms with van der Waals surface area (Å²) in [5, 5.41) is 3.60. The highest BCUT2D eigenvalue weighted by Crippen LogP contribution is 2.38. The third-order valence-corrected chi connectivity index (χ3v) is 5.18. The first-order valence-corrected chi connectivity index (χ1v) is 9.91. The topological polar surface area (TPSA) is 81.0 Å². The van der Waals surface area contributed by atoms with Gasteiger partial charge in [-0.2, -0.15) is 0 Å². The Morgan fingerprint density at radius 1 is 1.29 bits per heavy atom. The van der Waals surface area contributed by atoms with Gasteiger partial charge in [-0.05, 0) is 38.1 Å². The van der Waals surface area contributed by atoms with Crippen LogP contribution in [0.1, 0.15) is 24.4 Å². The molecule has 31 heavy (non-hydrogen) atoms. The van der Waals surface area contributed by atoms with Gasteiger partial charge in [0.2, 0.25) is 5.91 Å². The molecule has 2 aromatic carbocycles. The predicted octanol–water partition coefficient (Wildman–Crippen LogP) is 4.63. The largest absolute Gasteiger partial charge is 0.493 e. The van der Waals surface area contributed by atoms with Crippen molar-refractivity contribution in [2.24, 2.45) is 5.41 Å². The molecule has 2 heterocycles. The van der Waals surface area contributed by atoms with Crippen LogP contribution in [0.3, 0.4) is 0 Å². The van der Waals surface area contributed by atoms with Gasteiger partial charge in [0, 0.05) is 23.7 Å². The highest BCUT2D eigenvalue weighted by Gasteiger charge is 2.37. The van der Waals surface area contributed by atoms with Gasteiger partial charge < -0.3 is 24.1 Å². The molecular formula is C24H24N2O5. The molecule has 1 N–H and O–H groups in total. The van der Waals surface area contributed by atoms with Gasteiger partial charge in [0.25, 0.3) is 5.91 Å². The minimum absolute atomic E-state index is 0.0424. The smallest absolute Gasteiger partial charge is 0.291 e. The Balaban J connectivity index is 1.62. The van der Waals surface area contributed by atoms with Crippen molar-refractivity contribution < 1.29 is 23.5 Å². The van der Waals surface area contributed by atoms with Gasteiger partial charge in [-0.15, -0.1) is 6.58 Å². The summed E-state index contributed by atoms with van der Waals surface area (Å²) in [6.45, 7) is 8.03. The maximum Gasteiger partial charge on any atom is 0.291 e. The average Bonchev–Trinajstić information content (AvgIpc) is 3.17. The highest BCUT2D eigenvalue weighted by atomic mass is 16.5. The van der Waals surface area contributed by atoms with Crippen LogP contribution in [0.25, 0.3) is 11.0 Å². The molecule has 7 heteroatoms. The second-order valence-corrected chi connectivity index (χ2v) is 8.00. The molecule has 0 aliphatic carbocycles. The lowest BCUT2D eigenvalue weighted by molar-refractivity contribution is -0.127. The molecule has 3 aromatic rings.